The Balaban J connectivity index is 2.68. The lowest BCUT2D eigenvalue weighted by Gasteiger charge is -2.23. The van der Waals surface area contributed by atoms with Crippen LogP contribution in [0.4, 0.5) is 0 Å². The van der Waals surface area contributed by atoms with Crippen LogP contribution in [0.1, 0.15) is 6.92 Å². The highest BCUT2D eigenvalue weighted by molar-refractivity contribution is 5.15. The molecule has 7 N–H and O–H groups in total. The molecule has 0 spiro atoms. The Bertz CT molecular complexity index is 161. The lowest BCUT2D eigenvalue weighted by Crippen LogP contribution is -2.63. The number of hydrogen-bond donors (Lipinski definition) is 4. The van der Waals surface area contributed by atoms with Gasteiger partial charge < -0.3 is 10.7 Å². The number of rotatable bonds is 1. The molecule has 0 bridgehead atoms. The van der Waals surface area contributed by atoms with Gasteiger partial charge in [-0.15, -0.1) is 0 Å². The van der Waals surface area contributed by atoms with Crippen molar-refractivity contribution >= 4 is 0 Å². The zero-order chi connectivity index (χ0) is 7.78. The second-order valence-corrected chi connectivity index (χ2v) is 2.35. The van der Waals surface area contributed by atoms with Gasteiger partial charge in [0, 0.05) is 12.7 Å². The van der Waals surface area contributed by atoms with Crippen molar-refractivity contribution in [1.29, 1.82) is 0 Å². The van der Waals surface area contributed by atoms with Gasteiger partial charge in [0.1, 0.15) is 0 Å². The minimum absolute atomic E-state index is 0.453. The molecule has 10 heavy (non-hydrogen) atoms. The van der Waals surface area contributed by atoms with Crippen molar-refractivity contribution in [2.45, 2.75) is 12.7 Å². The monoisotopic (exact) mass is 143 g/mol. The first-order valence-electron chi connectivity index (χ1n) is 3.16. The summed E-state index contributed by atoms with van der Waals surface area (Å²) >= 11 is 0. The van der Waals surface area contributed by atoms with Gasteiger partial charge in [0.15, 0.2) is 5.79 Å². The SMILES string of the molecule is CCN1C=C(N)C(N)(N)N1. The molecule has 0 aromatic heterocycles. The Morgan fingerprint density at radius 2 is 2.30 bits per heavy atom. The Hall–Kier alpha value is -0.780. The zero-order valence-electron chi connectivity index (χ0n) is 5.96. The minimum Gasteiger partial charge on any atom is -0.397 e. The Morgan fingerprint density at radius 3 is 2.50 bits per heavy atom. The summed E-state index contributed by atoms with van der Waals surface area (Å²) < 4.78 is 0. The molecular weight excluding hydrogens is 130 g/mol. The molecule has 0 atom stereocenters. The predicted octanol–water partition coefficient (Wildman–Crippen LogP) is -1.80. The highest BCUT2D eigenvalue weighted by Gasteiger charge is 2.29. The average Bonchev–Trinajstić information content (AvgIpc) is 2.08. The fourth-order valence-electron chi connectivity index (χ4n) is 0.779. The topological polar surface area (TPSA) is 93.3 Å². The van der Waals surface area contributed by atoms with Crippen LogP contribution in [0, 0.1) is 0 Å². The molecule has 58 valence electrons. The molecule has 0 amide bonds. The van der Waals surface area contributed by atoms with Crippen molar-refractivity contribution in [3.63, 3.8) is 0 Å². The number of hydrazine groups is 1. The highest BCUT2D eigenvalue weighted by atomic mass is 15.6. The van der Waals surface area contributed by atoms with Gasteiger partial charge in [-0.05, 0) is 6.92 Å². The van der Waals surface area contributed by atoms with Crippen molar-refractivity contribution in [3.05, 3.63) is 11.9 Å². The fourth-order valence-corrected chi connectivity index (χ4v) is 0.779. The summed E-state index contributed by atoms with van der Waals surface area (Å²) in [6.07, 6.45) is 1.69. The maximum absolute atomic E-state index is 5.52. The number of hydrogen-bond acceptors (Lipinski definition) is 5. The van der Waals surface area contributed by atoms with Crippen LogP contribution in [0.5, 0.6) is 0 Å². The minimum atomic E-state index is -1.06. The van der Waals surface area contributed by atoms with Crippen molar-refractivity contribution in [1.82, 2.24) is 10.4 Å². The van der Waals surface area contributed by atoms with Crippen LogP contribution in [0.25, 0.3) is 0 Å². The summed E-state index contributed by atoms with van der Waals surface area (Å²) in [4.78, 5) is 0. The maximum atomic E-state index is 5.52. The van der Waals surface area contributed by atoms with E-state index in [0.29, 0.717) is 5.70 Å². The summed E-state index contributed by atoms with van der Waals surface area (Å²) in [5, 5.41) is 1.75. The molecule has 0 saturated carbocycles. The zero-order valence-corrected chi connectivity index (χ0v) is 5.96. The predicted molar refractivity (Wildman–Crippen MR) is 38.9 cm³/mol. The van der Waals surface area contributed by atoms with E-state index in [2.05, 4.69) is 5.43 Å². The first-order valence-corrected chi connectivity index (χ1v) is 3.16. The summed E-state index contributed by atoms with van der Waals surface area (Å²) in [5.41, 5.74) is 19.8. The highest BCUT2D eigenvalue weighted by Crippen LogP contribution is 2.07. The lowest BCUT2D eigenvalue weighted by atomic mass is 10.3. The fraction of sp³-hybridized carbons (Fsp3) is 0.600. The van der Waals surface area contributed by atoms with E-state index in [0.717, 1.165) is 6.54 Å². The van der Waals surface area contributed by atoms with Gasteiger partial charge in [0.25, 0.3) is 0 Å². The first-order chi connectivity index (χ1) is 4.56. The third kappa shape index (κ3) is 1.06. The Kier molecular flexibility index (Phi) is 1.55. The smallest absolute Gasteiger partial charge is 0.178 e. The molecule has 0 radical (unpaired) electrons. The van der Waals surface area contributed by atoms with Gasteiger partial charge in [-0.2, -0.15) is 5.43 Å². The maximum Gasteiger partial charge on any atom is 0.178 e. The normalized spacial score (nSPS) is 23.1. The van der Waals surface area contributed by atoms with Crippen LogP contribution in [-0.2, 0) is 0 Å². The van der Waals surface area contributed by atoms with Crippen molar-refractivity contribution < 1.29 is 0 Å². The molecule has 0 aromatic carbocycles. The second kappa shape index (κ2) is 2.12. The van der Waals surface area contributed by atoms with E-state index in [1.165, 1.54) is 0 Å². The molecule has 5 nitrogen and oxygen atoms in total. The van der Waals surface area contributed by atoms with Gasteiger partial charge in [-0.25, -0.2) is 0 Å². The van der Waals surface area contributed by atoms with E-state index in [9.17, 15) is 0 Å². The molecule has 1 heterocycles. The number of nitrogens with two attached hydrogens (primary N) is 3. The van der Waals surface area contributed by atoms with E-state index >= 15 is 0 Å². The third-order valence-corrected chi connectivity index (χ3v) is 1.44. The van der Waals surface area contributed by atoms with Crippen molar-refractivity contribution in [2.75, 3.05) is 6.54 Å². The Labute approximate surface area is 59.8 Å². The molecule has 1 aliphatic rings. The average molecular weight is 143 g/mol. The molecular formula is C5H13N5. The summed E-state index contributed by atoms with van der Waals surface area (Å²) in [5.74, 6) is -1.06. The van der Waals surface area contributed by atoms with Gasteiger partial charge in [0.2, 0.25) is 0 Å². The molecule has 1 rings (SSSR count). The van der Waals surface area contributed by atoms with E-state index in [4.69, 9.17) is 17.2 Å². The molecule has 0 aliphatic carbocycles. The van der Waals surface area contributed by atoms with Crippen molar-refractivity contribution in [3.8, 4) is 0 Å². The third-order valence-electron chi connectivity index (χ3n) is 1.44. The summed E-state index contributed by atoms with van der Waals surface area (Å²) in [7, 11) is 0. The Morgan fingerprint density at radius 1 is 1.70 bits per heavy atom. The molecule has 5 heteroatoms. The van der Waals surface area contributed by atoms with Gasteiger partial charge in [-0.1, -0.05) is 0 Å². The van der Waals surface area contributed by atoms with Crippen LogP contribution in [0.2, 0.25) is 0 Å². The van der Waals surface area contributed by atoms with E-state index < -0.39 is 5.79 Å². The summed E-state index contributed by atoms with van der Waals surface area (Å²) in [6, 6.07) is 0. The van der Waals surface area contributed by atoms with Gasteiger partial charge in [-0.3, -0.25) is 11.5 Å². The van der Waals surface area contributed by atoms with Gasteiger partial charge >= 0.3 is 0 Å². The molecule has 0 fully saturated rings. The lowest BCUT2D eigenvalue weighted by molar-refractivity contribution is 0.228. The quantitative estimate of drug-likeness (QED) is 0.325. The molecule has 0 unspecified atom stereocenters. The van der Waals surface area contributed by atoms with Crippen LogP contribution in [0.15, 0.2) is 11.9 Å². The van der Waals surface area contributed by atoms with Crippen LogP contribution < -0.4 is 22.6 Å². The van der Waals surface area contributed by atoms with E-state index in [-0.39, 0.29) is 0 Å². The molecule has 0 saturated heterocycles. The van der Waals surface area contributed by atoms with E-state index in [1.54, 1.807) is 11.2 Å². The number of nitrogens with one attached hydrogen (secondary N) is 1. The second-order valence-electron chi connectivity index (χ2n) is 2.35. The van der Waals surface area contributed by atoms with Crippen LogP contribution in [0.3, 0.4) is 0 Å². The summed E-state index contributed by atoms with van der Waals surface area (Å²) in [6.45, 7) is 2.76. The van der Waals surface area contributed by atoms with E-state index in [1.807, 2.05) is 6.92 Å². The molecule has 0 aromatic rings. The molecule has 1 aliphatic heterocycles. The van der Waals surface area contributed by atoms with Crippen molar-refractivity contribution in [2.24, 2.45) is 17.2 Å². The van der Waals surface area contributed by atoms with Crippen LogP contribution in [-0.4, -0.2) is 17.3 Å². The first kappa shape index (κ1) is 7.33. The largest absolute Gasteiger partial charge is 0.397 e. The van der Waals surface area contributed by atoms with Crippen LogP contribution >= 0.6 is 0 Å². The number of nitrogens with zero attached hydrogens (tertiary/aromatic N) is 1. The standard InChI is InChI=1S/C5H13N5/c1-2-10-3-4(6)5(7,8)9-10/h3,9H,2,6-8H2,1H3. The van der Waals surface area contributed by atoms with Gasteiger partial charge in [0.05, 0.1) is 5.70 Å².